The summed E-state index contributed by atoms with van der Waals surface area (Å²) in [6.07, 6.45) is 0. The molecule has 0 heterocycles. The van der Waals surface area contributed by atoms with E-state index in [1.807, 2.05) is 54.6 Å². The normalized spacial score (nSPS) is 11.5. The molecule has 0 bridgehead atoms. The Balaban J connectivity index is 1.70. The van der Waals surface area contributed by atoms with Crippen LogP contribution in [0.4, 0.5) is 0 Å². The predicted octanol–water partition coefficient (Wildman–Crippen LogP) is 6.78. The molecule has 0 aliphatic rings. The van der Waals surface area contributed by atoms with E-state index in [0.29, 0.717) is 12.3 Å². The van der Waals surface area contributed by atoms with Gasteiger partial charge in [-0.1, -0.05) is 83.0 Å². The van der Waals surface area contributed by atoms with E-state index in [4.69, 9.17) is 15.8 Å². The van der Waals surface area contributed by atoms with Crippen LogP contribution in [0.25, 0.3) is 42.4 Å². The van der Waals surface area contributed by atoms with E-state index in [2.05, 4.69) is 49.6 Å². The Morgan fingerprint density at radius 2 is 1.47 bits per heavy atom. The molecule has 4 aromatic carbocycles. The van der Waals surface area contributed by atoms with E-state index in [-0.39, 0.29) is 19.3 Å². The Kier molecular flexibility index (Phi) is 6.70. The molecule has 0 fully saturated rings. The zero-order chi connectivity index (χ0) is 22.2. The molecule has 158 valence electrons. The highest BCUT2D eigenvalue weighted by molar-refractivity contribution is 5.88. The van der Waals surface area contributed by atoms with Gasteiger partial charge in [0.2, 0.25) is 0 Å². The summed E-state index contributed by atoms with van der Waals surface area (Å²) >= 11 is 0. The molecule has 1 atom stereocenters. The van der Waals surface area contributed by atoms with Crippen molar-refractivity contribution in [1.29, 1.82) is 0 Å². The maximum Gasteiger partial charge on any atom is 0.167 e. The van der Waals surface area contributed by atoms with Crippen LogP contribution in [0, 0.1) is 0 Å². The number of rotatable bonds is 9. The first-order valence-electron chi connectivity index (χ1n) is 10.2. The van der Waals surface area contributed by atoms with Crippen LogP contribution in [0.15, 0.2) is 89.1 Å². The first kappa shape index (κ1) is 21.0. The summed E-state index contributed by atoms with van der Waals surface area (Å²) in [5.41, 5.74) is 19.5. The Hall–Kier alpha value is -4.22. The van der Waals surface area contributed by atoms with Crippen molar-refractivity contribution in [2.24, 2.45) is 10.2 Å². The van der Waals surface area contributed by atoms with Crippen molar-refractivity contribution in [3.8, 4) is 5.75 Å². The van der Waals surface area contributed by atoms with E-state index < -0.39 is 0 Å². The van der Waals surface area contributed by atoms with Crippen LogP contribution >= 0.6 is 0 Å². The Labute approximate surface area is 184 Å². The Morgan fingerprint density at radius 3 is 2.25 bits per heavy atom. The van der Waals surface area contributed by atoms with Gasteiger partial charge in [0.25, 0.3) is 0 Å². The van der Waals surface area contributed by atoms with Gasteiger partial charge in [0.15, 0.2) is 6.73 Å². The molecular weight excluding hydrogens is 402 g/mol. The molecule has 0 aromatic heterocycles. The fourth-order valence-electron chi connectivity index (χ4n) is 3.93. The second kappa shape index (κ2) is 10.2. The fraction of sp³-hybridized carbons (Fsp3) is 0.167. The number of ether oxygens (including phenoxy) is 1. The second-order valence-corrected chi connectivity index (χ2v) is 7.18. The third-order valence-electron chi connectivity index (χ3n) is 5.39. The van der Waals surface area contributed by atoms with Crippen molar-refractivity contribution in [3.63, 3.8) is 0 Å². The van der Waals surface area contributed by atoms with Gasteiger partial charge in [-0.15, -0.1) is 0 Å². The van der Waals surface area contributed by atoms with Crippen LogP contribution in [0.2, 0.25) is 0 Å². The quantitative estimate of drug-likeness (QED) is 0.181. The number of benzene rings is 4. The van der Waals surface area contributed by atoms with Gasteiger partial charge in [-0.25, -0.2) is 0 Å². The lowest BCUT2D eigenvalue weighted by Crippen LogP contribution is -2.24. The summed E-state index contributed by atoms with van der Waals surface area (Å²) < 4.78 is 5.73. The number of hydrogen-bond donors (Lipinski definition) is 1. The Morgan fingerprint density at radius 1 is 0.781 bits per heavy atom. The van der Waals surface area contributed by atoms with E-state index >= 15 is 0 Å². The molecule has 4 rings (SSSR count). The van der Waals surface area contributed by atoms with Crippen LogP contribution in [0.1, 0.15) is 17.2 Å². The van der Waals surface area contributed by atoms with E-state index in [1.165, 1.54) is 0 Å². The van der Waals surface area contributed by atoms with Gasteiger partial charge in [0.05, 0.1) is 0 Å². The van der Waals surface area contributed by atoms with Crippen LogP contribution in [-0.2, 0) is 6.54 Å². The number of hydrogen-bond acceptors (Lipinski definition) is 4. The topological polar surface area (TPSA) is 119 Å². The molecular formula is C24H21N7O. The highest BCUT2D eigenvalue weighted by Crippen LogP contribution is 2.30. The summed E-state index contributed by atoms with van der Waals surface area (Å²) in [4.78, 5) is 5.72. The van der Waals surface area contributed by atoms with Gasteiger partial charge in [-0.2, -0.15) is 0 Å². The van der Waals surface area contributed by atoms with Crippen molar-refractivity contribution in [2.45, 2.75) is 12.6 Å². The zero-order valence-electron chi connectivity index (χ0n) is 17.3. The third-order valence-corrected chi connectivity index (χ3v) is 5.39. The number of nitrogens with one attached hydrogen (secondary N) is 1. The number of fused-ring (bicyclic) bond motifs is 2. The minimum atomic E-state index is -0.194. The minimum absolute atomic E-state index is 0.0900. The lowest BCUT2D eigenvalue weighted by molar-refractivity contribution is 0.325. The maximum absolute atomic E-state index is 8.94. The smallest absolute Gasteiger partial charge is 0.167 e. The molecule has 4 aromatic rings. The van der Waals surface area contributed by atoms with Crippen molar-refractivity contribution in [1.82, 2.24) is 5.32 Å². The summed E-state index contributed by atoms with van der Waals surface area (Å²) in [7, 11) is 0. The average molecular weight is 423 g/mol. The van der Waals surface area contributed by atoms with Crippen LogP contribution in [-0.4, -0.2) is 13.3 Å². The van der Waals surface area contributed by atoms with Gasteiger partial charge in [0, 0.05) is 34.5 Å². The van der Waals surface area contributed by atoms with Crippen molar-refractivity contribution >= 4 is 21.5 Å². The standard InChI is InChI=1S/C24H21N7O/c25-30-28-15-23(21-11-5-8-17-6-1-3-9-19(17)21)27-14-22-20-10-4-2-7-18(20)12-13-24(22)32-16-29-31-26/h1-13,23,27H,14-16H2/t23-/m0/s1. The first-order chi connectivity index (χ1) is 15.8. The summed E-state index contributed by atoms with van der Waals surface area (Å²) in [5, 5.41) is 15.2. The molecule has 0 radical (unpaired) electrons. The predicted molar refractivity (Wildman–Crippen MR) is 126 cm³/mol. The van der Waals surface area contributed by atoms with E-state index in [9.17, 15) is 0 Å². The highest BCUT2D eigenvalue weighted by Gasteiger charge is 2.16. The van der Waals surface area contributed by atoms with Crippen molar-refractivity contribution in [3.05, 3.63) is 111 Å². The minimum Gasteiger partial charge on any atom is -0.487 e. The molecule has 32 heavy (non-hydrogen) atoms. The second-order valence-electron chi connectivity index (χ2n) is 7.18. The zero-order valence-corrected chi connectivity index (χ0v) is 17.3. The lowest BCUT2D eigenvalue weighted by Gasteiger charge is -2.21. The van der Waals surface area contributed by atoms with Gasteiger partial charge >= 0.3 is 0 Å². The van der Waals surface area contributed by atoms with Gasteiger partial charge in [-0.3, -0.25) is 0 Å². The highest BCUT2D eigenvalue weighted by atomic mass is 16.5. The summed E-state index contributed by atoms with van der Waals surface area (Å²) in [6, 6.07) is 26.0. The molecule has 0 aliphatic heterocycles. The monoisotopic (exact) mass is 423 g/mol. The SMILES string of the molecule is [N-]=[N+]=NCOc1ccc2ccccc2c1CN[C@@H](CN=[N+]=[N-])c1cccc2ccccc12. The van der Waals surface area contributed by atoms with Crippen LogP contribution in [0.3, 0.4) is 0 Å². The molecule has 0 aliphatic carbocycles. The maximum atomic E-state index is 8.94. The third kappa shape index (κ3) is 4.58. The molecule has 1 N–H and O–H groups in total. The molecule has 0 unspecified atom stereocenters. The van der Waals surface area contributed by atoms with E-state index in [1.54, 1.807) is 0 Å². The number of azide groups is 2. The number of nitrogens with zero attached hydrogens (tertiary/aromatic N) is 6. The molecule has 8 nitrogen and oxygen atoms in total. The first-order valence-corrected chi connectivity index (χ1v) is 10.2. The molecule has 0 saturated heterocycles. The Bertz CT molecular complexity index is 1340. The van der Waals surface area contributed by atoms with Crippen molar-refractivity contribution < 1.29 is 4.74 Å². The molecule has 0 amide bonds. The molecule has 0 saturated carbocycles. The van der Waals surface area contributed by atoms with Crippen molar-refractivity contribution in [2.75, 3.05) is 13.3 Å². The molecule has 0 spiro atoms. The molecule has 8 heteroatoms. The van der Waals surface area contributed by atoms with E-state index in [0.717, 1.165) is 32.7 Å². The largest absolute Gasteiger partial charge is 0.487 e. The van der Waals surface area contributed by atoms with Crippen LogP contribution in [0.5, 0.6) is 5.75 Å². The van der Waals surface area contributed by atoms with Gasteiger partial charge in [0.1, 0.15) is 5.75 Å². The van der Waals surface area contributed by atoms with Gasteiger partial charge < -0.3 is 10.1 Å². The fourth-order valence-corrected chi connectivity index (χ4v) is 3.93. The van der Waals surface area contributed by atoms with Crippen LogP contribution < -0.4 is 10.1 Å². The average Bonchev–Trinajstić information content (AvgIpc) is 2.84. The summed E-state index contributed by atoms with van der Waals surface area (Å²) in [6.45, 7) is 0.652. The lowest BCUT2D eigenvalue weighted by atomic mass is 9.98. The van der Waals surface area contributed by atoms with Gasteiger partial charge in [-0.05, 0) is 44.2 Å². The summed E-state index contributed by atoms with van der Waals surface area (Å²) in [5.74, 6) is 0.643.